The summed E-state index contributed by atoms with van der Waals surface area (Å²) in [6, 6.07) is 5.46. The fourth-order valence-corrected chi connectivity index (χ4v) is 2.12. The van der Waals surface area contributed by atoms with Gasteiger partial charge in [-0.15, -0.1) is 0 Å². The molecule has 0 atom stereocenters. The lowest BCUT2D eigenvalue weighted by Gasteiger charge is -2.10. The van der Waals surface area contributed by atoms with Crippen molar-refractivity contribution in [3.8, 4) is 0 Å². The van der Waals surface area contributed by atoms with Gasteiger partial charge in [-0.05, 0) is 24.6 Å². The number of rotatable bonds is 6. The van der Waals surface area contributed by atoms with Crippen molar-refractivity contribution in [1.82, 2.24) is 0 Å². The van der Waals surface area contributed by atoms with Crippen molar-refractivity contribution in [3.63, 3.8) is 0 Å². The number of benzene rings is 1. The largest absolute Gasteiger partial charge is 0.389 e. The van der Waals surface area contributed by atoms with Crippen LogP contribution in [0.5, 0.6) is 0 Å². The molecule has 0 spiro atoms. The van der Waals surface area contributed by atoms with E-state index in [9.17, 15) is 4.79 Å². The molecule has 0 aliphatic heterocycles. The Morgan fingerprint density at radius 3 is 2.78 bits per heavy atom. The van der Waals surface area contributed by atoms with Gasteiger partial charge in [0.1, 0.15) is 4.99 Å². The normalized spacial score (nSPS) is 10.1. The van der Waals surface area contributed by atoms with E-state index >= 15 is 0 Å². The van der Waals surface area contributed by atoms with Crippen LogP contribution < -0.4 is 11.1 Å². The van der Waals surface area contributed by atoms with Crippen LogP contribution in [0.15, 0.2) is 22.7 Å². The first-order valence-electron chi connectivity index (χ1n) is 5.93. The maximum atomic E-state index is 11.8. The molecule has 3 nitrogen and oxygen atoms in total. The van der Waals surface area contributed by atoms with E-state index in [0.29, 0.717) is 17.7 Å². The van der Waals surface area contributed by atoms with Gasteiger partial charge in [0.15, 0.2) is 0 Å². The minimum Gasteiger partial charge on any atom is -0.389 e. The van der Waals surface area contributed by atoms with Crippen molar-refractivity contribution in [2.75, 3.05) is 5.32 Å². The van der Waals surface area contributed by atoms with E-state index in [-0.39, 0.29) is 10.9 Å². The highest BCUT2D eigenvalue weighted by molar-refractivity contribution is 9.10. The fraction of sp³-hybridized carbons (Fsp3) is 0.385. The Balaban J connectivity index is 2.73. The van der Waals surface area contributed by atoms with E-state index < -0.39 is 0 Å². The van der Waals surface area contributed by atoms with Crippen molar-refractivity contribution in [2.24, 2.45) is 5.73 Å². The Hall–Kier alpha value is -0.940. The molecule has 1 aromatic carbocycles. The lowest BCUT2D eigenvalue weighted by molar-refractivity contribution is -0.116. The first-order chi connectivity index (χ1) is 8.54. The highest BCUT2D eigenvalue weighted by Crippen LogP contribution is 2.22. The predicted molar refractivity (Wildman–Crippen MR) is 82.8 cm³/mol. The zero-order valence-corrected chi connectivity index (χ0v) is 12.7. The molecule has 1 rings (SSSR count). The summed E-state index contributed by atoms with van der Waals surface area (Å²) in [6.45, 7) is 2.11. The number of thiocarbonyl (C=S) groups is 1. The first kappa shape index (κ1) is 15.1. The summed E-state index contributed by atoms with van der Waals surface area (Å²) in [6.07, 6.45) is 3.59. The molecule has 1 amide bonds. The van der Waals surface area contributed by atoms with Gasteiger partial charge in [0.2, 0.25) is 5.91 Å². The molecule has 0 radical (unpaired) electrons. The third-order valence-corrected chi connectivity index (χ3v) is 3.24. The van der Waals surface area contributed by atoms with Gasteiger partial charge in [0.05, 0.1) is 5.69 Å². The quantitative estimate of drug-likeness (QED) is 0.619. The molecule has 0 aliphatic rings. The van der Waals surface area contributed by atoms with E-state index in [1.54, 1.807) is 6.07 Å². The van der Waals surface area contributed by atoms with Crippen LogP contribution in [-0.4, -0.2) is 10.9 Å². The van der Waals surface area contributed by atoms with Crippen molar-refractivity contribution in [1.29, 1.82) is 0 Å². The molecule has 0 unspecified atom stereocenters. The van der Waals surface area contributed by atoms with Crippen LogP contribution in [0.3, 0.4) is 0 Å². The second kappa shape index (κ2) is 7.48. The summed E-state index contributed by atoms with van der Waals surface area (Å²) in [7, 11) is 0. The van der Waals surface area contributed by atoms with Crippen LogP contribution in [0.4, 0.5) is 5.69 Å². The highest BCUT2D eigenvalue weighted by atomic mass is 79.9. The Morgan fingerprint density at radius 1 is 1.44 bits per heavy atom. The zero-order chi connectivity index (χ0) is 13.5. The monoisotopic (exact) mass is 328 g/mol. The number of halogens is 1. The number of hydrogen-bond acceptors (Lipinski definition) is 2. The zero-order valence-electron chi connectivity index (χ0n) is 10.3. The second-order valence-electron chi connectivity index (χ2n) is 4.06. The molecule has 0 bridgehead atoms. The van der Waals surface area contributed by atoms with Gasteiger partial charge in [-0.1, -0.05) is 47.9 Å². The van der Waals surface area contributed by atoms with Gasteiger partial charge < -0.3 is 11.1 Å². The third-order valence-electron chi connectivity index (χ3n) is 2.53. The number of carbonyl (C=O) groups is 1. The molecule has 98 valence electrons. The minimum atomic E-state index is -0.000880. The second-order valence-corrected chi connectivity index (χ2v) is 5.41. The number of unbranched alkanes of at least 4 members (excludes halogenated alkanes) is 2. The summed E-state index contributed by atoms with van der Waals surface area (Å²) in [5.74, 6) is -0.000880. The van der Waals surface area contributed by atoms with Gasteiger partial charge in [0, 0.05) is 16.5 Å². The number of amides is 1. The predicted octanol–water partition coefficient (Wildman–Crippen LogP) is 3.60. The Bertz CT molecular complexity index is 449. The summed E-state index contributed by atoms with van der Waals surface area (Å²) < 4.78 is 0.881. The van der Waals surface area contributed by atoms with Gasteiger partial charge in [0.25, 0.3) is 0 Å². The molecular formula is C13H17BrN2OS. The number of nitrogens with two attached hydrogens (primary N) is 1. The molecule has 0 saturated carbocycles. The summed E-state index contributed by atoms with van der Waals surface area (Å²) in [5.41, 5.74) is 6.98. The van der Waals surface area contributed by atoms with E-state index in [0.717, 1.165) is 23.7 Å². The molecule has 0 aromatic heterocycles. The Labute approximate surface area is 121 Å². The summed E-state index contributed by atoms with van der Waals surface area (Å²) in [5, 5.41) is 2.86. The number of anilines is 1. The molecule has 5 heteroatoms. The molecule has 0 aliphatic carbocycles. The maximum absolute atomic E-state index is 11.8. The molecule has 3 N–H and O–H groups in total. The van der Waals surface area contributed by atoms with Crippen molar-refractivity contribution in [2.45, 2.75) is 32.6 Å². The number of hydrogen-bond donors (Lipinski definition) is 2. The molecule has 0 heterocycles. The smallest absolute Gasteiger partial charge is 0.224 e. The molecular weight excluding hydrogens is 312 g/mol. The van der Waals surface area contributed by atoms with E-state index in [1.165, 1.54) is 0 Å². The SMILES string of the molecule is CCCCCC(=O)Nc1cc(Br)ccc1C(N)=S. The Kier molecular flexibility index (Phi) is 6.29. The lowest BCUT2D eigenvalue weighted by Crippen LogP contribution is -2.17. The molecule has 0 fully saturated rings. The molecule has 18 heavy (non-hydrogen) atoms. The number of nitrogens with one attached hydrogen (secondary N) is 1. The van der Waals surface area contributed by atoms with Gasteiger partial charge >= 0.3 is 0 Å². The van der Waals surface area contributed by atoms with Crippen LogP contribution in [0.25, 0.3) is 0 Å². The molecule has 0 saturated heterocycles. The fourth-order valence-electron chi connectivity index (χ4n) is 1.58. The van der Waals surface area contributed by atoms with Crippen LogP contribution in [0.2, 0.25) is 0 Å². The van der Waals surface area contributed by atoms with E-state index in [1.807, 2.05) is 12.1 Å². The van der Waals surface area contributed by atoms with Crippen LogP contribution >= 0.6 is 28.1 Å². The summed E-state index contributed by atoms with van der Waals surface area (Å²) >= 11 is 8.33. The Morgan fingerprint density at radius 2 is 2.17 bits per heavy atom. The van der Waals surface area contributed by atoms with E-state index in [4.69, 9.17) is 18.0 Å². The molecule has 1 aromatic rings. The van der Waals surface area contributed by atoms with Crippen LogP contribution in [-0.2, 0) is 4.79 Å². The average Bonchev–Trinajstić information content (AvgIpc) is 2.29. The number of carbonyl (C=O) groups excluding carboxylic acids is 1. The van der Waals surface area contributed by atoms with Crippen molar-refractivity contribution < 1.29 is 4.79 Å². The standard InChI is InChI=1S/C13H17BrN2OS/c1-2-3-4-5-12(17)16-11-8-9(14)6-7-10(11)13(15)18/h6-8H,2-5H2,1H3,(H2,15,18)(H,16,17). The summed E-state index contributed by atoms with van der Waals surface area (Å²) in [4.78, 5) is 12.0. The van der Waals surface area contributed by atoms with Crippen molar-refractivity contribution in [3.05, 3.63) is 28.2 Å². The van der Waals surface area contributed by atoms with Gasteiger partial charge in [-0.3, -0.25) is 4.79 Å². The highest BCUT2D eigenvalue weighted by Gasteiger charge is 2.09. The van der Waals surface area contributed by atoms with Crippen LogP contribution in [0, 0.1) is 0 Å². The van der Waals surface area contributed by atoms with Crippen LogP contribution in [0.1, 0.15) is 38.2 Å². The third kappa shape index (κ3) is 4.74. The maximum Gasteiger partial charge on any atom is 0.224 e. The minimum absolute atomic E-state index is 0.000880. The van der Waals surface area contributed by atoms with Gasteiger partial charge in [-0.2, -0.15) is 0 Å². The lowest BCUT2D eigenvalue weighted by atomic mass is 10.1. The van der Waals surface area contributed by atoms with Crippen molar-refractivity contribution >= 4 is 44.7 Å². The van der Waals surface area contributed by atoms with E-state index in [2.05, 4.69) is 28.2 Å². The first-order valence-corrected chi connectivity index (χ1v) is 7.14. The average molecular weight is 329 g/mol. The topological polar surface area (TPSA) is 55.1 Å². The van der Waals surface area contributed by atoms with Gasteiger partial charge in [-0.25, -0.2) is 0 Å².